The van der Waals surface area contributed by atoms with Gasteiger partial charge in [0.15, 0.2) is 0 Å². The number of aliphatic hydroxyl groups excluding tert-OH is 1. The van der Waals surface area contributed by atoms with E-state index in [1.807, 2.05) is 0 Å². The predicted octanol–water partition coefficient (Wildman–Crippen LogP) is 0.683. The van der Waals surface area contributed by atoms with Crippen LogP contribution in [0.5, 0.6) is 0 Å². The van der Waals surface area contributed by atoms with Crippen LogP contribution >= 0.6 is 0 Å². The highest BCUT2D eigenvalue weighted by molar-refractivity contribution is 5.83. The van der Waals surface area contributed by atoms with Crippen molar-refractivity contribution in [1.29, 1.82) is 0 Å². The molecule has 0 saturated heterocycles. The van der Waals surface area contributed by atoms with Crippen molar-refractivity contribution in [3.8, 4) is 0 Å². The summed E-state index contributed by atoms with van der Waals surface area (Å²) in [4.78, 5) is 4.40. The molecule has 1 saturated carbocycles. The Morgan fingerprint density at radius 2 is 2.25 bits per heavy atom. The van der Waals surface area contributed by atoms with Gasteiger partial charge in [-0.05, 0) is 25.7 Å². The van der Waals surface area contributed by atoms with Crippen LogP contribution in [0.3, 0.4) is 0 Å². The standard InChI is InChI=1S/C9H16N2O/c12-7-9(4-5-9)11-8-3-1-2-6-10-8/h12H,1-7H2,(H,10,11). The summed E-state index contributed by atoms with van der Waals surface area (Å²) in [6.07, 6.45) is 5.73. The third-order valence-electron chi connectivity index (χ3n) is 2.69. The van der Waals surface area contributed by atoms with Crippen LogP contribution in [0.1, 0.15) is 32.1 Å². The molecule has 1 heterocycles. The number of rotatable bonds is 2. The van der Waals surface area contributed by atoms with E-state index < -0.39 is 0 Å². The van der Waals surface area contributed by atoms with Gasteiger partial charge in [0, 0.05) is 13.0 Å². The fraction of sp³-hybridized carbons (Fsp3) is 0.889. The van der Waals surface area contributed by atoms with E-state index in [4.69, 9.17) is 5.11 Å². The zero-order valence-corrected chi connectivity index (χ0v) is 7.34. The summed E-state index contributed by atoms with van der Waals surface area (Å²) in [5, 5.41) is 12.4. The number of nitrogens with one attached hydrogen (secondary N) is 1. The third kappa shape index (κ3) is 1.61. The van der Waals surface area contributed by atoms with Crippen LogP contribution in [0.25, 0.3) is 0 Å². The first-order chi connectivity index (χ1) is 5.85. The molecule has 2 aliphatic rings. The van der Waals surface area contributed by atoms with E-state index in [9.17, 15) is 0 Å². The normalized spacial score (nSPS) is 26.2. The van der Waals surface area contributed by atoms with Crippen molar-refractivity contribution in [2.75, 3.05) is 13.2 Å². The van der Waals surface area contributed by atoms with Crippen molar-refractivity contribution in [2.24, 2.45) is 4.99 Å². The second-order valence-electron chi connectivity index (χ2n) is 3.85. The van der Waals surface area contributed by atoms with Crippen molar-refractivity contribution in [3.05, 3.63) is 0 Å². The molecule has 1 fully saturated rings. The molecule has 1 aliphatic heterocycles. The molecule has 0 aromatic rings. The average Bonchev–Trinajstić information content (AvgIpc) is 2.88. The molecule has 68 valence electrons. The monoisotopic (exact) mass is 168 g/mol. The maximum absolute atomic E-state index is 9.07. The summed E-state index contributed by atoms with van der Waals surface area (Å²) in [6.45, 7) is 1.22. The highest BCUT2D eigenvalue weighted by Crippen LogP contribution is 2.34. The van der Waals surface area contributed by atoms with Gasteiger partial charge in [-0.2, -0.15) is 0 Å². The summed E-state index contributed by atoms with van der Waals surface area (Å²) >= 11 is 0. The maximum Gasteiger partial charge on any atom is 0.0968 e. The molecular weight excluding hydrogens is 152 g/mol. The van der Waals surface area contributed by atoms with E-state index in [-0.39, 0.29) is 12.1 Å². The van der Waals surface area contributed by atoms with Crippen molar-refractivity contribution in [3.63, 3.8) is 0 Å². The lowest BCUT2D eigenvalue weighted by Crippen LogP contribution is -2.40. The molecule has 12 heavy (non-hydrogen) atoms. The number of amidine groups is 1. The van der Waals surface area contributed by atoms with Gasteiger partial charge < -0.3 is 10.4 Å². The fourth-order valence-corrected chi connectivity index (χ4v) is 1.58. The van der Waals surface area contributed by atoms with Gasteiger partial charge in [0.05, 0.1) is 18.0 Å². The molecule has 3 heteroatoms. The SMILES string of the molecule is OCC1(NC2=NCCCC2)CC1. The fourth-order valence-electron chi connectivity index (χ4n) is 1.58. The van der Waals surface area contributed by atoms with Gasteiger partial charge in [-0.3, -0.25) is 4.99 Å². The van der Waals surface area contributed by atoms with E-state index in [2.05, 4.69) is 10.3 Å². The molecular formula is C9H16N2O. The van der Waals surface area contributed by atoms with Crippen LogP contribution in [0, 0.1) is 0 Å². The Labute approximate surface area is 72.9 Å². The lowest BCUT2D eigenvalue weighted by atomic mass is 10.1. The van der Waals surface area contributed by atoms with E-state index in [0.29, 0.717) is 0 Å². The highest BCUT2D eigenvalue weighted by Gasteiger charge is 2.42. The quantitative estimate of drug-likeness (QED) is 0.637. The molecule has 0 bridgehead atoms. The molecule has 1 aliphatic carbocycles. The van der Waals surface area contributed by atoms with Crippen LogP contribution in [-0.4, -0.2) is 29.6 Å². The number of nitrogens with zero attached hydrogens (tertiary/aromatic N) is 1. The van der Waals surface area contributed by atoms with Crippen LogP contribution in [0.15, 0.2) is 4.99 Å². The highest BCUT2D eigenvalue weighted by atomic mass is 16.3. The molecule has 2 rings (SSSR count). The van der Waals surface area contributed by atoms with E-state index in [0.717, 1.165) is 31.6 Å². The summed E-state index contributed by atoms with van der Waals surface area (Å²) < 4.78 is 0. The van der Waals surface area contributed by atoms with Gasteiger partial charge in [0.1, 0.15) is 0 Å². The first-order valence-electron chi connectivity index (χ1n) is 4.77. The third-order valence-corrected chi connectivity index (χ3v) is 2.69. The van der Waals surface area contributed by atoms with Crippen LogP contribution in [-0.2, 0) is 0 Å². The Bertz CT molecular complexity index is 197. The Morgan fingerprint density at radius 3 is 2.75 bits per heavy atom. The number of aliphatic imine (C=N–C) groups is 1. The summed E-state index contributed by atoms with van der Waals surface area (Å²) in [6, 6.07) is 0. The zero-order valence-electron chi connectivity index (χ0n) is 7.34. The van der Waals surface area contributed by atoms with E-state index in [1.54, 1.807) is 0 Å². The molecule has 0 aromatic heterocycles. The smallest absolute Gasteiger partial charge is 0.0968 e. The second kappa shape index (κ2) is 3.05. The summed E-state index contributed by atoms with van der Waals surface area (Å²) in [7, 11) is 0. The van der Waals surface area contributed by atoms with E-state index in [1.165, 1.54) is 12.8 Å². The van der Waals surface area contributed by atoms with Crippen molar-refractivity contribution in [2.45, 2.75) is 37.6 Å². The van der Waals surface area contributed by atoms with Crippen molar-refractivity contribution in [1.82, 2.24) is 5.32 Å². The van der Waals surface area contributed by atoms with Gasteiger partial charge >= 0.3 is 0 Å². The first-order valence-corrected chi connectivity index (χ1v) is 4.77. The summed E-state index contributed by atoms with van der Waals surface area (Å²) in [5.74, 6) is 1.12. The van der Waals surface area contributed by atoms with Gasteiger partial charge in [-0.15, -0.1) is 0 Å². The van der Waals surface area contributed by atoms with Gasteiger partial charge in [0.2, 0.25) is 0 Å². The molecule has 0 unspecified atom stereocenters. The van der Waals surface area contributed by atoms with Crippen LogP contribution < -0.4 is 5.32 Å². The Hall–Kier alpha value is -0.570. The van der Waals surface area contributed by atoms with E-state index >= 15 is 0 Å². The molecule has 0 atom stereocenters. The van der Waals surface area contributed by atoms with Crippen LogP contribution in [0.2, 0.25) is 0 Å². The van der Waals surface area contributed by atoms with Gasteiger partial charge in [-0.25, -0.2) is 0 Å². The predicted molar refractivity (Wildman–Crippen MR) is 48.3 cm³/mol. The zero-order chi connectivity index (χ0) is 8.44. The maximum atomic E-state index is 9.07. The minimum atomic E-state index is 0.0240. The molecule has 0 radical (unpaired) electrons. The Morgan fingerprint density at radius 1 is 1.42 bits per heavy atom. The topological polar surface area (TPSA) is 44.6 Å². The number of hydrogen-bond acceptors (Lipinski definition) is 3. The lowest BCUT2D eigenvalue weighted by molar-refractivity contribution is 0.244. The average molecular weight is 168 g/mol. The molecule has 0 amide bonds. The number of aliphatic hydroxyl groups is 1. The minimum absolute atomic E-state index is 0.0240. The largest absolute Gasteiger partial charge is 0.394 e. The van der Waals surface area contributed by atoms with Gasteiger partial charge in [-0.1, -0.05) is 0 Å². The first kappa shape index (κ1) is 8.05. The van der Waals surface area contributed by atoms with Gasteiger partial charge in [0.25, 0.3) is 0 Å². The molecule has 0 spiro atoms. The Kier molecular flexibility index (Phi) is 2.05. The van der Waals surface area contributed by atoms with Crippen molar-refractivity contribution >= 4 is 5.84 Å². The summed E-state index contributed by atoms with van der Waals surface area (Å²) in [5.41, 5.74) is 0.0240. The molecule has 2 N–H and O–H groups in total. The molecule has 0 aromatic carbocycles. The number of hydrogen-bond donors (Lipinski definition) is 2. The lowest BCUT2D eigenvalue weighted by Gasteiger charge is -2.20. The van der Waals surface area contributed by atoms with Crippen LogP contribution in [0.4, 0.5) is 0 Å². The van der Waals surface area contributed by atoms with Crippen molar-refractivity contribution < 1.29 is 5.11 Å². The molecule has 3 nitrogen and oxygen atoms in total. The second-order valence-corrected chi connectivity index (χ2v) is 3.85. The Balaban J connectivity index is 1.89. The minimum Gasteiger partial charge on any atom is -0.394 e.